The third kappa shape index (κ3) is 3.37. The van der Waals surface area contributed by atoms with Gasteiger partial charge in [0.2, 0.25) is 0 Å². The van der Waals surface area contributed by atoms with E-state index in [-0.39, 0.29) is 0 Å². The van der Waals surface area contributed by atoms with E-state index in [1.807, 2.05) is 0 Å². The van der Waals surface area contributed by atoms with Crippen LogP contribution in [0.4, 0.5) is 0 Å². The molecule has 4 atom stereocenters. The molecule has 1 aliphatic heterocycles. The van der Waals surface area contributed by atoms with E-state index in [0.717, 1.165) is 18.4 Å². The van der Waals surface area contributed by atoms with Gasteiger partial charge < -0.3 is 10.6 Å². The van der Waals surface area contributed by atoms with Gasteiger partial charge >= 0.3 is 0 Å². The van der Waals surface area contributed by atoms with E-state index in [4.69, 9.17) is 0 Å². The number of hydrogen-bond donors (Lipinski definition) is 2. The van der Waals surface area contributed by atoms with Crippen molar-refractivity contribution in [2.24, 2.45) is 5.92 Å². The standard InChI is InChI=1S/C17H26N2/c1-2-13-8-9-18-15(10-13)12-19-17-11-16(17)14-6-4-3-5-7-14/h3-7,13,15-19H,2,8-12H2,1H3. The van der Waals surface area contributed by atoms with Gasteiger partial charge in [-0.2, -0.15) is 0 Å². The summed E-state index contributed by atoms with van der Waals surface area (Å²) in [5.74, 6) is 1.70. The summed E-state index contributed by atoms with van der Waals surface area (Å²) in [6.07, 6.45) is 5.37. The normalized spacial score (nSPS) is 34.2. The molecule has 104 valence electrons. The molecular formula is C17H26N2. The third-order valence-electron chi connectivity index (χ3n) is 4.83. The summed E-state index contributed by atoms with van der Waals surface area (Å²) in [5, 5.41) is 7.42. The van der Waals surface area contributed by atoms with E-state index in [1.165, 1.54) is 37.8 Å². The quantitative estimate of drug-likeness (QED) is 0.848. The van der Waals surface area contributed by atoms with E-state index in [9.17, 15) is 0 Å². The topological polar surface area (TPSA) is 24.1 Å². The molecule has 1 aliphatic carbocycles. The average molecular weight is 258 g/mol. The second kappa shape index (κ2) is 6.06. The molecule has 1 aromatic rings. The highest BCUT2D eigenvalue weighted by Crippen LogP contribution is 2.40. The molecule has 4 unspecified atom stereocenters. The minimum absolute atomic E-state index is 0.690. The van der Waals surface area contributed by atoms with Crippen LogP contribution in [-0.4, -0.2) is 25.2 Å². The van der Waals surface area contributed by atoms with Gasteiger partial charge in [0.05, 0.1) is 0 Å². The molecule has 2 heteroatoms. The molecule has 2 fully saturated rings. The lowest BCUT2D eigenvalue weighted by molar-refractivity contribution is 0.287. The second-order valence-corrected chi connectivity index (χ2v) is 6.22. The van der Waals surface area contributed by atoms with E-state index < -0.39 is 0 Å². The summed E-state index contributed by atoms with van der Waals surface area (Å²) < 4.78 is 0. The van der Waals surface area contributed by atoms with Crippen molar-refractivity contribution >= 4 is 0 Å². The second-order valence-electron chi connectivity index (χ2n) is 6.22. The molecule has 1 saturated heterocycles. The largest absolute Gasteiger partial charge is 0.313 e. The van der Waals surface area contributed by atoms with Gasteiger partial charge in [0, 0.05) is 24.5 Å². The maximum atomic E-state index is 3.76. The van der Waals surface area contributed by atoms with Crippen molar-refractivity contribution in [1.82, 2.24) is 10.6 Å². The van der Waals surface area contributed by atoms with Gasteiger partial charge in [-0.1, -0.05) is 43.7 Å². The molecule has 2 N–H and O–H groups in total. The van der Waals surface area contributed by atoms with Crippen LogP contribution in [0.2, 0.25) is 0 Å². The van der Waals surface area contributed by atoms with Gasteiger partial charge in [-0.25, -0.2) is 0 Å². The number of benzene rings is 1. The summed E-state index contributed by atoms with van der Waals surface area (Å²) in [6.45, 7) is 4.68. The molecule has 2 aliphatic rings. The number of hydrogen-bond acceptors (Lipinski definition) is 2. The molecule has 0 amide bonds. The SMILES string of the molecule is CCC1CCNC(CNC2CC2c2ccccc2)C1. The van der Waals surface area contributed by atoms with Crippen LogP contribution >= 0.6 is 0 Å². The highest BCUT2D eigenvalue weighted by molar-refractivity contribution is 5.27. The minimum Gasteiger partial charge on any atom is -0.313 e. The molecule has 1 saturated carbocycles. The number of nitrogens with one attached hydrogen (secondary N) is 2. The van der Waals surface area contributed by atoms with Gasteiger partial charge in [0.15, 0.2) is 0 Å². The maximum absolute atomic E-state index is 3.76. The van der Waals surface area contributed by atoms with Crippen molar-refractivity contribution in [1.29, 1.82) is 0 Å². The lowest BCUT2D eigenvalue weighted by Crippen LogP contribution is -2.45. The first-order valence-corrected chi connectivity index (χ1v) is 7.88. The predicted octanol–water partition coefficient (Wildman–Crippen LogP) is 2.91. The Bertz CT molecular complexity index is 390. The average Bonchev–Trinajstić information content (AvgIpc) is 3.26. The Morgan fingerprint density at radius 2 is 2.05 bits per heavy atom. The Labute approximate surface area is 117 Å². The van der Waals surface area contributed by atoms with Gasteiger partial charge in [-0.3, -0.25) is 0 Å². The van der Waals surface area contributed by atoms with Crippen molar-refractivity contribution in [3.8, 4) is 0 Å². The Morgan fingerprint density at radius 1 is 1.21 bits per heavy atom. The van der Waals surface area contributed by atoms with E-state index in [1.54, 1.807) is 0 Å². The molecule has 1 aromatic carbocycles. The van der Waals surface area contributed by atoms with Crippen molar-refractivity contribution in [3.05, 3.63) is 35.9 Å². The van der Waals surface area contributed by atoms with Crippen LogP contribution < -0.4 is 10.6 Å². The summed E-state index contributed by atoms with van der Waals surface area (Å²) in [6, 6.07) is 12.3. The van der Waals surface area contributed by atoms with Crippen LogP contribution in [0, 0.1) is 5.92 Å². The lowest BCUT2D eigenvalue weighted by Gasteiger charge is -2.30. The lowest BCUT2D eigenvalue weighted by atomic mass is 9.90. The Morgan fingerprint density at radius 3 is 2.84 bits per heavy atom. The first kappa shape index (κ1) is 13.1. The Kier molecular flexibility index (Phi) is 4.19. The van der Waals surface area contributed by atoms with E-state index in [0.29, 0.717) is 12.1 Å². The fraction of sp³-hybridized carbons (Fsp3) is 0.647. The third-order valence-corrected chi connectivity index (χ3v) is 4.83. The molecule has 1 heterocycles. The van der Waals surface area contributed by atoms with Crippen molar-refractivity contribution in [2.75, 3.05) is 13.1 Å². The monoisotopic (exact) mass is 258 g/mol. The molecule has 0 radical (unpaired) electrons. The van der Waals surface area contributed by atoms with Crippen LogP contribution in [0.3, 0.4) is 0 Å². The van der Waals surface area contributed by atoms with Crippen LogP contribution in [0.15, 0.2) is 30.3 Å². The fourth-order valence-electron chi connectivity index (χ4n) is 3.40. The first-order valence-electron chi connectivity index (χ1n) is 7.88. The van der Waals surface area contributed by atoms with Crippen LogP contribution in [0.5, 0.6) is 0 Å². The smallest absolute Gasteiger partial charge is 0.0195 e. The zero-order valence-corrected chi connectivity index (χ0v) is 11.9. The van der Waals surface area contributed by atoms with Gasteiger partial charge in [0.1, 0.15) is 0 Å². The van der Waals surface area contributed by atoms with Crippen LogP contribution in [0.25, 0.3) is 0 Å². The zero-order chi connectivity index (χ0) is 13.1. The Hall–Kier alpha value is -0.860. The molecule has 2 nitrogen and oxygen atoms in total. The van der Waals surface area contributed by atoms with Gasteiger partial charge in [-0.05, 0) is 37.3 Å². The van der Waals surface area contributed by atoms with Crippen LogP contribution in [-0.2, 0) is 0 Å². The molecule has 0 bridgehead atoms. The minimum atomic E-state index is 0.690. The summed E-state index contributed by atoms with van der Waals surface area (Å²) in [4.78, 5) is 0. The zero-order valence-electron chi connectivity index (χ0n) is 11.9. The summed E-state index contributed by atoms with van der Waals surface area (Å²) in [7, 11) is 0. The van der Waals surface area contributed by atoms with E-state index in [2.05, 4.69) is 47.9 Å². The first-order chi connectivity index (χ1) is 9.36. The number of rotatable bonds is 5. The van der Waals surface area contributed by atoms with Crippen LogP contribution in [0.1, 0.15) is 44.1 Å². The molecular weight excluding hydrogens is 232 g/mol. The summed E-state index contributed by atoms with van der Waals surface area (Å²) >= 11 is 0. The van der Waals surface area contributed by atoms with Gasteiger partial charge in [-0.15, -0.1) is 0 Å². The highest BCUT2D eigenvalue weighted by atomic mass is 15.0. The van der Waals surface area contributed by atoms with Crippen molar-refractivity contribution in [2.45, 2.75) is 50.6 Å². The maximum Gasteiger partial charge on any atom is 0.0195 e. The number of piperidine rings is 1. The molecule has 3 rings (SSSR count). The molecule has 19 heavy (non-hydrogen) atoms. The summed E-state index contributed by atoms with van der Waals surface area (Å²) in [5.41, 5.74) is 1.50. The fourth-order valence-corrected chi connectivity index (χ4v) is 3.40. The van der Waals surface area contributed by atoms with Crippen molar-refractivity contribution in [3.63, 3.8) is 0 Å². The predicted molar refractivity (Wildman–Crippen MR) is 80.4 cm³/mol. The highest BCUT2D eigenvalue weighted by Gasteiger charge is 2.38. The molecule has 0 aromatic heterocycles. The Balaban J connectivity index is 1.42. The van der Waals surface area contributed by atoms with Crippen molar-refractivity contribution < 1.29 is 0 Å². The van der Waals surface area contributed by atoms with E-state index >= 15 is 0 Å². The molecule has 0 spiro atoms. The van der Waals surface area contributed by atoms with Gasteiger partial charge in [0.25, 0.3) is 0 Å².